The topological polar surface area (TPSA) is 72.2 Å². The Kier molecular flexibility index (Phi) is 5.07. The van der Waals surface area contributed by atoms with E-state index in [1.807, 2.05) is 0 Å². The molecule has 2 rings (SSSR count). The van der Waals surface area contributed by atoms with E-state index < -0.39 is 21.7 Å². The molecule has 0 aliphatic carbocycles. The minimum Gasteiger partial charge on any atom is -0.271 e. The molecule has 2 unspecified atom stereocenters. The fraction of sp³-hybridized carbons (Fsp3) is 0.500. The highest BCUT2D eigenvalue weighted by Gasteiger charge is 2.31. The maximum atomic E-state index is 14.1. The summed E-state index contributed by atoms with van der Waals surface area (Å²) in [5, 5.41) is 0.00166. The zero-order valence-electron chi connectivity index (χ0n) is 10.6. The van der Waals surface area contributed by atoms with Crippen LogP contribution in [-0.4, -0.2) is 19.9 Å². The van der Waals surface area contributed by atoms with Crippen LogP contribution in [0.15, 0.2) is 16.6 Å². The van der Waals surface area contributed by atoms with E-state index in [9.17, 15) is 12.8 Å². The summed E-state index contributed by atoms with van der Waals surface area (Å²) in [7, 11) is -2.95. The highest BCUT2D eigenvalue weighted by molar-refractivity contribution is 9.10. The lowest BCUT2D eigenvalue weighted by atomic mass is 9.94. The molecule has 8 heteroatoms. The molecule has 20 heavy (non-hydrogen) atoms. The summed E-state index contributed by atoms with van der Waals surface area (Å²) in [5.41, 5.74) is 2.90. The lowest BCUT2D eigenvalue weighted by Gasteiger charge is -2.20. The van der Waals surface area contributed by atoms with Gasteiger partial charge in [-0.05, 0) is 40.8 Å². The lowest BCUT2D eigenvalue weighted by molar-refractivity contribution is 0.409. The maximum Gasteiger partial charge on any atom is 0.150 e. The molecule has 3 N–H and O–H groups in total. The molecule has 1 aromatic carbocycles. The normalized spacial score (nSPS) is 22.9. The average Bonchev–Trinajstić information content (AvgIpc) is 2.73. The van der Waals surface area contributed by atoms with Gasteiger partial charge in [-0.1, -0.05) is 17.7 Å². The Labute approximate surface area is 130 Å². The molecule has 1 heterocycles. The number of nitrogens with two attached hydrogens (primary N) is 1. The first kappa shape index (κ1) is 16.2. The van der Waals surface area contributed by atoms with Gasteiger partial charge >= 0.3 is 0 Å². The maximum absolute atomic E-state index is 14.1. The van der Waals surface area contributed by atoms with Gasteiger partial charge in [0.15, 0.2) is 9.84 Å². The minimum atomic E-state index is -2.95. The molecule has 1 saturated heterocycles. The molecule has 1 aliphatic rings. The minimum absolute atomic E-state index is 0.00166. The van der Waals surface area contributed by atoms with Crippen molar-refractivity contribution in [3.63, 3.8) is 0 Å². The van der Waals surface area contributed by atoms with Gasteiger partial charge in [-0.15, -0.1) is 0 Å². The third-order valence-corrected chi connectivity index (χ3v) is 6.63. The molecule has 4 nitrogen and oxygen atoms in total. The number of halogens is 3. The van der Waals surface area contributed by atoms with Gasteiger partial charge in [0, 0.05) is 16.1 Å². The van der Waals surface area contributed by atoms with E-state index in [1.54, 1.807) is 12.1 Å². The molecular formula is C12H15BrClFN2O2S. The first-order chi connectivity index (χ1) is 9.34. The van der Waals surface area contributed by atoms with Gasteiger partial charge < -0.3 is 0 Å². The molecule has 0 radical (unpaired) electrons. The smallest absolute Gasteiger partial charge is 0.150 e. The zero-order chi connectivity index (χ0) is 14.9. The van der Waals surface area contributed by atoms with Crippen LogP contribution in [0.25, 0.3) is 0 Å². The van der Waals surface area contributed by atoms with Crippen LogP contribution >= 0.6 is 27.5 Å². The second-order valence-electron chi connectivity index (χ2n) is 4.99. The Hall–Kier alpha value is -0.210. The van der Waals surface area contributed by atoms with Crippen LogP contribution in [-0.2, 0) is 9.84 Å². The summed E-state index contributed by atoms with van der Waals surface area (Å²) in [6.45, 7) is 0. The van der Waals surface area contributed by atoms with Crippen molar-refractivity contribution >= 4 is 37.4 Å². The van der Waals surface area contributed by atoms with E-state index in [-0.39, 0.29) is 22.4 Å². The molecule has 0 bridgehead atoms. The number of hydrogen-bond donors (Lipinski definition) is 2. The van der Waals surface area contributed by atoms with Gasteiger partial charge in [0.25, 0.3) is 0 Å². The van der Waals surface area contributed by atoms with Crippen LogP contribution in [0.5, 0.6) is 0 Å². The summed E-state index contributed by atoms with van der Waals surface area (Å²) in [5.74, 6) is 5.27. The van der Waals surface area contributed by atoms with Crippen LogP contribution in [0.1, 0.15) is 24.4 Å². The summed E-state index contributed by atoms with van der Waals surface area (Å²) in [6, 6.07) is 2.79. The number of sulfone groups is 1. The predicted octanol–water partition coefficient (Wildman–Crippen LogP) is 2.57. The van der Waals surface area contributed by atoms with Gasteiger partial charge in [0.1, 0.15) is 5.82 Å². The van der Waals surface area contributed by atoms with Crippen molar-refractivity contribution in [3.8, 4) is 0 Å². The van der Waals surface area contributed by atoms with Gasteiger partial charge in [-0.2, -0.15) is 0 Å². The molecule has 0 spiro atoms. The van der Waals surface area contributed by atoms with Crippen molar-refractivity contribution in [1.29, 1.82) is 0 Å². The van der Waals surface area contributed by atoms with Crippen LogP contribution in [0.3, 0.4) is 0 Å². The van der Waals surface area contributed by atoms with E-state index in [2.05, 4.69) is 21.4 Å². The molecule has 112 valence electrons. The second kappa shape index (κ2) is 6.27. The van der Waals surface area contributed by atoms with E-state index in [1.165, 1.54) is 0 Å². The number of hydrogen-bond acceptors (Lipinski definition) is 4. The van der Waals surface area contributed by atoms with Crippen LogP contribution in [0.4, 0.5) is 4.39 Å². The molecular weight excluding hydrogens is 371 g/mol. The first-order valence-electron chi connectivity index (χ1n) is 6.14. The van der Waals surface area contributed by atoms with Crippen molar-refractivity contribution in [3.05, 3.63) is 33.0 Å². The number of benzene rings is 1. The first-order valence-corrected chi connectivity index (χ1v) is 9.13. The predicted molar refractivity (Wildman–Crippen MR) is 80.6 cm³/mol. The number of hydrazine groups is 1. The molecule has 0 saturated carbocycles. The molecule has 1 aliphatic heterocycles. The van der Waals surface area contributed by atoms with Crippen LogP contribution in [0.2, 0.25) is 5.02 Å². The van der Waals surface area contributed by atoms with Crippen molar-refractivity contribution < 1.29 is 12.8 Å². The van der Waals surface area contributed by atoms with Crippen molar-refractivity contribution in [2.45, 2.75) is 18.9 Å². The molecule has 0 amide bonds. The third kappa shape index (κ3) is 3.51. The molecule has 1 fully saturated rings. The fourth-order valence-electron chi connectivity index (χ4n) is 2.49. The Morgan fingerprint density at radius 3 is 2.80 bits per heavy atom. The Morgan fingerprint density at radius 2 is 2.25 bits per heavy atom. The van der Waals surface area contributed by atoms with Crippen LogP contribution < -0.4 is 11.3 Å². The zero-order valence-corrected chi connectivity index (χ0v) is 13.7. The molecule has 2 atom stereocenters. The summed E-state index contributed by atoms with van der Waals surface area (Å²) < 4.78 is 37.5. The Morgan fingerprint density at radius 1 is 1.55 bits per heavy atom. The molecule has 1 aromatic rings. The SMILES string of the molecule is NNC(CC1CCS(=O)(=O)C1)c1ccc(Br)c(Cl)c1F. The quantitative estimate of drug-likeness (QED) is 0.475. The highest BCUT2D eigenvalue weighted by atomic mass is 79.9. The standard InChI is InChI=1S/C12H15BrClFN2O2S/c13-9-2-1-8(12(15)11(9)14)10(17-16)5-7-3-4-20(18,19)6-7/h1-2,7,10,17H,3-6,16H2. The monoisotopic (exact) mass is 384 g/mol. The number of nitrogens with one attached hydrogen (secondary N) is 1. The van der Waals surface area contributed by atoms with Gasteiger partial charge in [0.2, 0.25) is 0 Å². The van der Waals surface area contributed by atoms with Gasteiger partial charge in [-0.25, -0.2) is 12.8 Å². The van der Waals surface area contributed by atoms with Gasteiger partial charge in [-0.3, -0.25) is 11.3 Å². The van der Waals surface area contributed by atoms with Gasteiger partial charge in [0.05, 0.1) is 16.5 Å². The summed E-state index contributed by atoms with van der Waals surface area (Å²) in [6.07, 6.45) is 1.05. The van der Waals surface area contributed by atoms with Crippen LogP contribution in [0, 0.1) is 11.7 Å². The Balaban J connectivity index is 2.19. The van der Waals surface area contributed by atoms with Crippen molar-refractivity contribution in [2.75, 3.05) is 11.5 Å². The highest BCUT2D eigenvalue weighted by Crippen LogP contribution is 2.34. The van der Waals surface area contributed by atoms with E-state index in [4.69, 9.17) is 17.4 Å². The third-order valence-electron chi connectivity index (χ3n) is 3.54. The van der Waals surface area contributed by atoms with E-state index >= 15 is 0 Å². The van der Waals surface area contributed by atoms with E-state index in [0.717, 1.165) is 0 Å². The van der Waals surface area contributed by atoms with E-state index in [0.29, 0.717) is 22.9 Å². The summed E-state index contributed by atoms with van der Waals surface area (Å²) in [4.78, 5) is 0. The number of rotatable bonds is 4. The second-order valence-corrected chi connectivity index (χ2v) is 8.45. The largest absolute Gasteiger partial charge is 0.271 e. The summed E-state index contributed by atoms with van der Waals surface area (Å²) >= 11 is 9.01. The molecule has 0 aromatic heterocycles. The lowest BCUT2D eigenvalue weighted by Crippen LogP contribution is -2.30. The van der Waals surface area contributed by atoms with Crippen molar-refractivity contribution in [1.82, 2.24) is 5.43 Å². The fourth-order valence-corrected chi connectivity index (χ4v) is 4.84. The average molecular weight is 386 g/mol. The Bertz CT molecular complexity index is 612. The van der Waals surface area contributed by atoms with Crippen molar-refractivity contribution in [2.24, 2.45) is 11.8 Å².